The Morgan fingerprint density at radius 2 is 2.31 bits per heavy atom. The molecule has 0 radical (unpaired) electrons. The third-order valence-corrected chi connectivity index (χ3v) is 1.99. The molecule has 72 valence electrons. The maximum Gasteiger partial charge on any atom is 0.123 e. The minimum Gasteiger partial charge on any atom is -0.386 e. The number of ether oxygens (including phenoxy) is 1. The predicted octanol–water partition coefficient (Wildman–Crippen LogP) is 2.16. The zero-order chi connectivity index (χ0) is 9.84. The summed E-state index contributed by atoms with van der Waals surface area (Å²) in [7, 11) is 1.45. The molecule has 0 fully saturated rings. The van der Waals surface area contributed by atoms with Crippen molar-refractivity contribution >= 4 is 11.6 Å². The van der Waals surface area contributed by atoms with Crippen LogP contribution in [0.2, 0.25) is 5.02 Å². The van der Waals surface area contributed by atoms with E-state index in [1.54, 1.807) is 0 Å². The molecule has 1 N–H and O–H groups in total. The van der Waals surface area contributed by atoms with Crippen LogP contribution in [0.3, 0.4) is 0 Å². The minimum atomic E-state index is -0.881. The molecule has 2 nitrogen and oxygen atoms in total. The van der Waals surface area contributed by atoms with Gasteiger partial charge >= 0.3 is 0 Å². The first-order valence-corrected chi connectivity index (χ1v) is 4.15. The fourth-order valence-electron chi connectivity index (χ4n) is 1.02. The van der Waals surface area contributed by atoms with Crippen molar-refractivity contribution < 1.29 is 14.2 Å². The average Bonchev–Trinajstić information content (AvgIpc) is 2.09. The Morgan fingerprint density at radius 1 is 1.62 bits per heavy atom. The lowest BCUT2D eigenvalue weighted by molar-refractivity contribution is 0.0643. The molecule has 4 heteroatoms. The summed E-state index contributed by atoms with van der Waals surface area (Å²) in [5.41, 5.74) is 0.350. The summed E-state index contributed by atoms with van der Waals surface area (Å²) < 4.78 is 17.5. The second-order valence-corrected chi connectivity index (χ2v) is 3.04. The first kappa shape index (κ1) is 10.4. The molecule has 1 aromatic rings. The van der Waals surface area contributed by atoms with Crippen LogP contribution in [0.5, 0.6) is 0 Å². The molecule has 0 saturated heterocycles. The van der Waals surface area contributed by atoms with Gasteiger partial charge < -0.3 is 9.84 Å². The van der Waals surface area contributed by atoms with Crippen molar-refractivity contribution in [2.24, 2.45) is 0 Å². The Morgan fingerprint density at radius 3 is 2.92 bits per heavy atom. The summed E-state index contributed by atoms with van der Waals surface area (Å²) in [4.78, 5) is 0. The zero-order valence-corrected chi connectivity index (χ0v) is 7.88. The Kier molecular flexibility index (Phi) is 3.66. The fourth-order valence-corrected chi connectivity index (χ4v) is 1.26. The van der Waals surface area contributed by atoms with Crippen LogP contribution in [0.25, 0.3) is 0 Å². The molecule has 0 amide bonds. The van der Waals surface area contributed by atoms with Gasteiger partial charge in [-0.2, -0.15) is 0 Å². The topological polar surface area (TPSA) is 29.5 Å². The second kappa shape index (κ2) is 4.56. The first-order valence-electron chi connectivity index (χ1n) is 3.77. The van der Waals surface area contributed by atoms with Crippen LogP contribution < -0.4 is 0 Å². The molecule has 1 aromatic carbocycles. The maximum atomic E-state index is 12.7. The van der Waals surface area contributed by atoms with E-state index in [9.17, 15) is 9.50 Å². The highest BCUT2D eigenvalue weighted by Crippen LogP contribution is 2.23. The van der Waals surface area contributed by atoms with E-state index in [1.807, 2.05) is 0 Å². The predicted molar refractivity (Wildman–Crippen MR) is 48.2 cm³/mol. The van der Waals surface area contributed by atoms with Crippen LogP contribution in [0, 0.1) is 5.82 Å². The SMILES string of the molecule is COCC(O)c1cc(F)ccc1Cl. The Labute approximate surface area is 80.9 Å². The fraction of sp³-hybridized carbons (Fsp3) is 0.333. The van der Waals surface area contributed by atoms with Gasteiger partial charge in [0.15, 0.2) is 0 Å². The van der Waals surface area contributed by atoms with Crippen molar-refractivity contribution in [1.82, 2.24) is 0 Å². The van der Waals surface area contributed by atoms with Gasteiger partial charge in [-0.1, -0.05) is 11.6 Å². The number of hydrogen-bond donors (Lipinski definition) is 1. The molecule has 0 aliphatic carbocycles. The second-order valence-electron chi connectivity index (χ2n) is 2.64. The van der Waals surface area contributed by atoms with Crippen molar-refractivity contribution in [3.63, 3.8) is 0 Å². The third kappa shape index (κ3) is 2.66. The highest BCUT2D eigenvalue weighted by Gasteiger charge is 2.11. The van der Waals surface area contributed by atoms with Gasteiger partial charge in [-0.25, -0.2) is 4.39 Å². The van der Waals surface area contributed by atoms with E-state index >= 15 is 0 Å². The quantitative estimate of drug-likeness (QED) is 0.818. The number of rotatable bonds is 3. The molecule has 13 heavy (non-hydrogen) atoms. The van der Waals surface area contributed by atoms with Gasteiger partial charge in [-0.05, 0) is 18.2 Å². The van der Waals surface area contributed by atoms with Crippen LogP contribution in [-0.4, -0.2) is 18.8 Å². The standard InChI is InChI=1S/C9H10ClFO2/c1-13-5-9(12)7-4-6(11)2-3-8(7)10/h2-4,9,12H,5H2,1H3. The average molecular weight is 205 g/mol. The summed E-state index contributed by atoms with van der Waals surface area (Å²) in [5, 5.41) is 9.79. The van der Waals surface area contributed by atoms with E-state index in [-0.39, 0.29) is 6.61 Å². The van der Waals surface area contributed by atoms with Gasteiger partial charge in [-0.15, -0.1) is 0 Å². The Balaban J connectivity index is 2.91. The summed E-state index contributed by atoms with van der Waals surface area (Å²) in [5.74, 6) is -0.422. The van der Waals surface area contributed by atoms with E-state index in [0.29, 0.717) is 10.6 Å². The van der Waals surface area contributed by atoms with Crippen LogP contribution in [0.1, 0.15) is 11.7 Å². The first-order chi connectivity index (χ1) is 6.15. The number of hydrogen-bond acceptors (Lipinski definition) is 2. The van der Waals surface area contributed by atoms with Crippen LogP contribution >= 0.6 is 11.6 Å². The third-order valence-electron chi connectivity index (χ3n) is 1.64. The van der Waals surface area contributed by atoms with Gasteiger partial charge in [0.25, 0.3) is 0 Å². The number of aliphatic hydroxyl groups excluding tert-OH is 1. The van der Waals surface area contributed by atoms with Crippen molar-refractivity contribution in [3.05, 3.63) is 34.6 Å². The lowest BCUT2D eigenvalue weighted by atomic mass is 10.1. The van der Waals surface area contributed by atoms with E-state index in [0.717, 1.165) is 0 Å². The molecule has 0 spiro atoms. The smallest absolute Gasteiger partial charge is 0.123 e. The van der Waals surface area contributed by atoms with Crippen molar-refractivity contribution in [2.45, 2.75) is 6.10 Å². The zero-order valence-electron chi connectivity index (χ0n) is 7.13. The summed E-state index contributed by atoms with van der Waals surface area (Å²) >= 11 is 5.74. The largest absolute Gasteiger partial charge is 0.386 e. The van der Waals surface area contributed by atoms with E-state index in [1.165, 1.54) is 25.3 Å². The molecule has 0 heterocycles. The highest BCUT2D eigenvalue weighted by molar-refractivity contribution is 6.31. The monoisotopic (exact) mass is 204 g/mol. The number of benzene rings is 1. The van der Waals surface area contributed by atoms with Crippen LogP contribution in [-0.2, 0) is 4.74 Å². The Hall–Kier alpha value is -0.640. The molecule has 1 atom stereocenters. The molecule has 0 saturated carbocycles. The molecule has 0 aromatic heterocycles. The van der Waals surface area contributed by atoms with Crippen LogP contribution in [0.15, 0.2) is 18.2 Å². The molecular formula is C9H10ClFO2. The number of methoxy groups -OCH3 is 1. The molecule has 0 aliphatic heterocycles. The molecule has 0 bridgehead atoms. The van der Waals surface area contributed by atoms with Crippen LogP contribution in [0.4, 0.5) is 4.39 Å². The van der Waals surface area contributed by atoms with Crippen molar-refractivity contribution in [2.75, 3.05) is 13.7 Å². The van der Waals surface area contributed by atoms with Gasteiger partial charge in [0.1, 0.15) is 11.9 Å². The number of aliphatic hydroxyl groups is 1. The van der Waals surface area contributed by atoms with Gasteiger partial charge in [0, 0.05) is 17.7 Å². The highest BCUT2D eigenvalue weighted by atomic mass is 35.5. The minimum absolute atomic E-state index is 0.100. The molecule has 1 rings (SSSR count). The summed E-state index contributed by atoms with van der Waals surface area (Å²) in [6, 6.07) is 3.85. The van der Waals surface area contributed by atoms with Gasteiger partial charge in [-0.3, -0.25) is 0 Å². The van der Waals surface area contributed by atoms with E-state index < -0.39 is 11.9 Å². The van der Waals surface area contributed by atoms with Gasteiger partial charge in [0.2, 0.25) is 0 Å². The normalized spacial score (nSPS) is 12.9. The molecule has 1 unspecified atom stereocenters. The van der Waals surface area contributed by atoms with E-state index in [4.69, 9.17) is 16.3 Å². The Bertz CT molecular complexity index is 291. The molecular weight excluding hydrogens is 195 g/mol. The summed E-state index contributed by atoms with van der Waals surface area (Å²) in [6.45, 7) is 0.100. The summed E-state index contributed by atoms with van der Waals surface area (Å²) in [6.07, 6.45) is -0.881. The van der Waals surface area contributed by atoms with Gasteiger partial charge in [0.05, 0.1) is 6.61 Å². The number of halogens is 2. The van der Waals surface area contributed by atoms with Crippen molar-refractivity contribution in [3.8, 4) is 0 Å². The lowest BCUT2D eigenvalue weighted by Crippen LogP contribution is -2.05. The maximum absolute atomic E-state index is 12.7. The van der Waals surface area contributed by atoms with E-state index in [2.05, 4.69) is 0 Å². The van der Waals surface area contributed by atoms with Crippen molar-refractivity contribution in [1.29, 1.82) is 0 Å². The molecule has 0 aliphatic rings. The lowest BCUT2D eigenvalue weighted by Gasteiger charge is -2.11.